The first-order chi connectivity index (χ1) is 12.1. The molecular weight excluding hydrogens is 367 g/mol. The molecule has 0 spiro atoms. The van der Waals surface area contributed by atoms with Crippen molar-refractivity contribution in [3.05, 3.63) is 33.8 Å². The van der Waals surface area contributed by atoms with E-state index in [-0.39, 0.29) is 12.1 Å². The first kappa shape index (κ1) is 19.5. The van der Waals surface area contributed by atoms with Gasteiger partial charge in [0.2, 0.25) is 5.88 Å². The monoisotopic (exact) mass is 380 g/mol. The van der Waals surface area contributed by atoms with Crippen LogP contribution < -0.4 is 10.4 Å². The number of alkyl halides is 4. The molecular formula is C14H13F5N4O3. The van der Waals surface area contributed by atoms with Crippen LogP contribution in [0.4, 0.5) is 22.0 Å². The highest BCUT2D eigenvalue weighted by Crippen LogP contribution is 2.23. The Bertz CT molecular complexity index is 873. The fourth-order valence-corrected chi connectivity index (χ4v) is 2.14. The average Bonchev–Trinajstić information content (AvgIpc) is 2.89. The molecule has 0 radical (unpaired) electrons. The smallest absolute Gasteiger partial charge is 0.422 e. The number of rotatable bonds is 6. The van der Waals surface area contributed by atoms with Crippen molar-refractivity contribution < 1.29 is 31.5 Å². The largest absolute Gasteiger partial charge is 0.467 e. The third-order valence-corrected chi connectivity index (χ3v) is 3.17. The van der Waals surface area contributed by atoms with Gasteiger partial charge in [-0.05, 0) is 19.9 Å². The number of aldehydes is 1. The molecule has 7 nitrogen and oxygen atoms in total. The molecule has 0 unspecified atom stereocenters. The molecule has 0 N–H and O–H groups in total. The highest BCUT2D eigenvalue weighted by Gasteiger charge is 2.30. The molecule has 0 aliphatic rings. The fraction of sp³-hybridized carbons (Fsp3) is 0.429. The van der Waals surface area contributed by atoms with Crippen molar-refractivity contribution in [2.75, 3.05) is 6.61 Å². The van der Waals surface area contributed by atoms with Crippen molar-refractivity contribution >= 4 is 6.29 Å². The first-order valence-electron chi connectivity index (χ1n) is 7.21. The maximum absolute atomic E-state index is 14.2. The van der Waals surface area contributed by atoms with Crippen LogP contribution in [0.3, 0.4) is 0 Å². The summed E-state index contributed by atoms with van der Waals surface area (Å²) in [4.78, 5) is 26.7. The maximum Gasteiger partial charge on any atom is 0.422 e. The van der Waals surface area contributed by atoms with Crippen LogP contribution in [-0.4, -0.2) is 38.4 Å². The lowest BCUT2D eigenvalue weighted by Gasteiger charge is -2.11. The van der Waals surface area contributed by atoms with E-state index >= 15 is 0 Å². The van der Waals surface area contributed by atoms with Crippen LogP contribution in [0, 0.1) is 5.82 Å². The van der Waals surface area contributed by atoms with E-state index in [9.17, 15) is 31.5 Å². The van der Waals surface area contributed by atoms with Crippen LogP contribution in [0.15, 0.2) is 10.9 Å². The van der Waals surface area contributed by atoms with Gasteiger partial charge >= 0.3 is 11.9 Å². The second-order valence-electron chi connectivity index (χ2n) is 5.42. The molecule has 0 saturated heterocycles. The quantitative estimate of drug-likeness (QED) is 0.568. The second-order valence-corrected chi connectivity index (χ2v) is 5.42. The molecule has 2 rings (SSSR count). The molecule has 0 amide bonds. The van der Waals surface area contributed by atoms with Crippen molar-refractivity contribution in [3.8, 4) is 11.7 Å². The predicted octanol–water partition coefficient (Wildman–Crippen LogP) is 2.37. The average molecular weight is 380 g/mol. The van der Waals surface area contributed by atoms with Gasteiger partial charge in [-0.1, -0.05) is 0 Å². The number of aromatic nitrogens is 4. The zero-order valence-electron chi connectivity index (χ0n) is 13.5. The van der Waals surface area contributed by atoms with E-state index in [1.165, 1.54) is 0 Å². The highest BCUT2D eigenvalue weighted by atomic mass is 19.4. The number of hydrogen-bond donors (Lipinski definition) is 0. The summed E-state index contributed by atoms with van der Waals surface area (Å²) in [6, 6.07) is 0.0389. The molecule has 0 saturated carbocycles. The summed E-state index contributed by atoms with van der Waals surface area (Å²) in [5, 5.41) is 3.61. The molecule has 0 aliphatic carbocycles. The summed E-state index contributed by atoms with van der Waals surface area (Å²) in [5.74, 6) is -3.18. The minimum atomic E-state index is -4.73. The number of hydrogen-bond acceptors (Lipinski definition) is 5. The van der Waals surface area contributed by atoms with Crippen molar-refractivity contribution in [1.29, 1.82) is 0 Å². The standard InChI is InChI=1S/C14H13F5N4O3/c1-7(2)22-10(4-15)21-23(13(22)25)11-9(16)3-8(5-24)12(20-11)26-6-14(17,18)19/h3,5,7H,4,6H2,1-2H3. The summed E-state index contributed by atoms with van der Waals surface area (Å²) in [5.41, 5.74) is -1.53. The molecule has 0 atom stereocenters. The lowest BCUT2D eigenvalue weighted by atomic mass is 10.3. The minimum Gasteiger partial charge on any atom is -0.467 e. The Hall–Kier alpha value is -2.79. The van der Waals surface area contributed by atoms with Gasteiger partial charge in [0.1, 0.15) is 6.67 Å². The first-order valence-corrected chi connectivity index (χ1v) is 7.21. The predicted molar refractivity (Wildman–Crippen MR) is 77.7 cm³/mol. The van der Waals surface area contributed by atoms with Gasteiger partial charge in [0, 0.05) is 6.04 Å². The van der Waals surface area contributed by atoms with Crippen LogP contribution in [-0.2, 0) is 6.67 Å². The van der Waals surface area contributed by atoms with E-state index in [4.69, 9.17) is 0 Å². The van der Waals surface area contributed by atoms with Crippen LogP contribution >= 0.6 is 0 Å². The summed E-state index contributed by atoms with van der Waals surface area (Å²) in [6.07, 6.45) is -4.68. The number of ether oxygens (including phenoxy) is 1. The van der Waals surface area contributed by atoms with Gasteiger partial charge in [-0.3, -0.25) is 9.36 Å². The second kappa shape index (κ2) is 7.22. The van der Waals surface area contributed by atoms with Crippen LogP contribution in [0.5, 0.6) is 5.88 Å². The van der Waals surface area contributed by atoms with E-state index in [2.05, 4.69) is 14.8 Å². The molecule has 142 valence electrons. The Morgan fingerprint density at radius 1 is 1.35 bits per heavy atom. The van der Waals surface area contributed by atoms with Crippen molar-refractivity contribution in [3.63, 3.8) is 0 Å². The van der Waals surface area contributed by atoms with E-state index in [1.807, 2.05) is 0 Å². The lowest BCUT2D eigenvalue weighted by Crippen LogP contribution is -2.27. The highest BCUT2D eigenvalue weighted by molar-refractivity contribution is 5.78. The zero-order chi connectivity index (χ0) is 19.6. The molecule has 2 aromatic heterocycles. The summed E-state index contributed by atoms with van der Waals surface area (Å²) < 4.78 is 69.9. The van der Waals surface area contributed by atoms with E-state index in [1.54, 1.807) is 13.8 Å². The summed E-state index contributed by atoms with van der Waals surface area (Å²) >= 11 is 0. The lowest BCUT2D eigenvalue weighted by molar-refractivity contribution is -0.154. The van der Waals surface area contributed by atoms with E-state index in [0.717, 1.165) is 4.57 Å². The number of pyridine rings is 1. The number of halogens is 5. The van der Waals surface area contributed by atoms with Gasteiger partial charge in [0.15, 0.2) is 30.4 Å². The van der Waals surface area contributed by atoms with Gasteiger partial charge < -0.3 is 4.74 Å². The summed E-state index contributed by atoms with van der Waals surface area (Å²) in [7, 11) is 0. The normalized spacial score (nSPS) is 11.8. The van der Waals surface area contributed by atoms with Gasteiger partial charge in [0.05, 0.1) is 5.56 Å². The van der Waals surface area contributed by atoms with Crippen molar-refractivity contribution in [1.82, 2.24) is 19.3 Å². The number of carbonyl (C=O) groups excluding carboxylic acids is 1. The van der Waals surface area contributed by atoms with Crippen LogP contribution in [0.1, 0.15) is 36.1 Å². The van der Waals surface area contributed by atoms with E-state index in [0.29, 0.717) is 10.7 Å². The van der Waals surface area contributed by atoms with Crippen LogP contribution in [0.25, 0.3) is 5.82 Å². The maximum atomic E-state index is 14.2. The Labute approximate surface area is 143 Å². The Morgan fingerprint density at radius 2 is 2.00 bits per heavy atom. The van der Waals surface area contributed by atoms with Gasteiger partial charge in [-0.25, -0.2) is 13.6 Å². The summed E-state index contributed by atoms with van der Waals surface area (Å²) in [6.45, 7) is 0.205. The van der Waals surface area contributed by atoms with Gasteiger partial charge in [-0.2, -0.15) is 22.8 Å². The molecule has 0 aromatic carbocycles. The Morgan fingerprint density at radius 3 is 2.46 bits per heavy atom. The topological polar surface area (TPSA) is 79.0 Å². The molecule has 26 heavy (non-hydrogen) atoms. The van der Waals surface area contributed by atoms with Gasteiger partial charge in [0.25, 0.3) is 0 Å². The molecule has 0 fully saturated rings. The number of carbonyl (C=O) groups is 1. The molecule has 0 bridgehead atoms. The SMILES string of the molecule is CC(C)n1c(CF)nn(-c2nc(OCC(F)(F)F)c(C=O)cc2F)c1=O. The Kier molecular flexibility index (Phi) is 5.42. The number of nitrogens with zero attached hydrogens (tertiary/aromatic N) is 4. The molecule has 12 heteroatoms. The molecule has 0 aliphatic heterocycles. The minimum absolute atomic E-state index is 0.0497. The zero-order valence-corrected chi connectivity index (χ0v) is 13.5. The third-order valence-electron chi connectivity index (χ3n) is 3.17. The van der Waals surface area contributed by atoms with Crippen molar-refractivity contribution in [2.45, 2.75) is 32.7 Å². The third kappa shape index (κ3) is 3.89. The Balaban J connectivity index is 2.60. The van der Waals surface area contributed by atoms with E-state index < -0.39 is 54.3 Å². The van der Waals surface area contributed by atoms with Crippen LogP contribution in [0.2, 0.25) is 0 Å². The molecule has 2 aromatic rings. The fourth-order valence-electron chi connectivity index (χ4n) is 2.14. The van der Waals surface area contributed by atoms with Gasteiger partial charge in [-0.15, -0.1) is 5.10 Å². The molecule has 2 heterocycles. The van der Waals surface area contributed by atoms with Crippen molar-refractivity contribution in [2.24, 2.45) is 0 Å².